The largest absolute Gasteiger partial charge is 0.409 e. The molecule has 2 saturated heterocycles. The summed E-state index contributed by atoms with van der Waals surface area (Å²) in [6, 6.07) is 14.4. The molecule has 0 aromatic heterocycles. The molecule has 0 spiro atoms. The quantitative estimate of drug-likeness (QED) is 0.0676. The molecule has 2 heterocycles. The molecule has 0 unspecified atom stereocenters. The Morgan fingerprint density at radius 1 is 1.14 bits per heavy atom. The fourth-order valence-corrected chi connectivity index (χ4v) is 5.96. The molecule has 3 amide bonds. The predicted octanol–water partition coefficient (Wildman–Crippen LogP) is 2.30. The number of oxime groups is 1. The highest BCUT2D eigenvalue weighted by Crippen LogP contribution is 2.25. The first-order valence-corrected chi connectivity index (χ1v) is 15.3. The Kier molecular flexibility index (Phi) is 11.6. The first kappa shape index (κ1) is 31.3. The second-order valence-corrected chi connectivity index (χ2v) is 11.8. The normalized spacial score (nSPS) is 16.9. The molecule has 0 aliphatic carbocycles. The van der Waals surface area contributed by atoms with Crippen LogP contribution in [-0.4, -0.2) is 72.9 Å². The van der Waals surface area contributed by atoms with E-state index in [1.54, 1.807) is 13.1 Å². The van der Waals surface area contributed by atoms with Crippen molar-refractivity contribution in [3.63, 3.8) is 0 Å². The van der Waals surface area contributed by atoms with E-state index in [1.807, 2.05) is 47.4 Å². The third-order valence-corrected chi connectivity index (χ3v) is 8.75. The molecule has 2 aliphatic rings. The number of hydrogen-bond donors (Lipinski definition) is 6. The molecular weight excluding hydrogens is 554 g/mol. The summed E-state index contributed by atoms with van der Waals surface area (Å²) in [5.41, 5.74) is 7.98. The van der Waals surface area contributed by atoms with Crippen molar-refractivity contribution < 1.29 is 19.6 Å². The topological polar surface area (TPSA) is 161 Å². The monoisotopic (exact) mass is 595 g/mol. The van der Waals surface area contributed by atoms with Crippen LogP contribution in [0.1, 0.15) is 43.2 Å². The fraction of sp³-hybridized carbons (Fsp3) is 0.467. The number of anilines is 1. The number of amides is 3. The van der Waals surface area contributed by atoms with Gasteiger partial charge in [-0.15, -0.1) is 0 Å². The molecule has 7 N–H and O–H groups in total. The minimum Gasteiger partial charge on any atom is -0.409 e. The molecule has 2 aromatic rings. The van der Waals surface area contributed by atoms with Crippen molar-refractivity contribution >= 4 is 41.2 Å². The van der Waals surface area contributed by atoms with Crippen LogP contribution in [-0.2, 0) is 20.8 Å². The average molecular weight is 596 g/mol. The molecule has 0 saturated carbocycles. The predicted molar refractivity (Wildman–Crippen MR) is 164 cm³/mol. The van der Waals surface area contributed by atoms with E-state index in [1.165, 1.54) is 11.9 Å². The number of rotatable bonds is 13. The van der Waals surface area contributed by atoms with Crippen LogP contribution in [0.2, 0.25) is 0 Å². The smallest absolute Gasteiger partial charge is 0.240 e. The second-order valence-electron chi connectivity index (χ2n) is 10.9. The van der Waals surface area contributed by atoms with Crippen LogP contribution in [0, 0.1) is 11.8 Å². The van der Waals surface area contributed by atoms with Crippen molar-refractivity contribution in [3.05, 3.63) is 59.7 Å². The van der Waals surface area contributed by atoms with Gasteiger partial charge in [0.25, 0.3) is 0 Å². The number of carbonyl (C=O) groups excluding carboxylic acids is 3. The number of piperidine rings is 1. The number of hydrogen-bond acceptors (Lipinski definition) is 8. The van der Waals surface area contributed by atoms with Gasteiger partial charge in [-0.2, -0.15) is 0 Å². The van der Waals surface area contributed by atoms with Gasteiger partial charge in [-0.05, 0) is 79.8 Å². The number of nitrogens with one attached hydrogen (secondary N) is 4. The Bertz CT molecular complexity index is 1260. The zero-order valence-corrected chi connectivity index (χ0v) is 24.8. The van der Waals surface area contributed by atoms with Crippen molar-refractivity contribution in [2.24, 2.45) is 22.7 Å². The van der Waals surface area contributed by atoms with E-state index < -0.39 is 6.04 Å². The minimum atomic E-state index is -0.526. The first-order chi connectivity index (χ1) is 20.4. The van der Waals surface area contributed by atoms with Crippen molar-refractivity contribution in [1.82, 2.24) is 20.3 Å². The van der Waals surface area contributed by atoms with Gasteiger partial charge in [-0.25, -0.2) is 4.72 Å². The van der Waals surface area contributed by atoms with Gasteiger partial charge in [0.1, 0.15) is 6.04 Å². The molecule has 2 aromatic carbocycles. The lowest BCUT2D eigenvalue weighted by Gasteiger charge is -2.34. The standard InChI is InChI=1S/C30H41N7O4S/c1-32-27(38)10-3-5-20-11-13-37(14-12-20)30(40)26(16-21-6-2-7-22(15-21)28(31)35-41)36-42-25-9-4-8-24(17-25)34-29(39)23-18-33-19-23/h2,4,6-9,15,17,20,23,26,33,36,41H,3,5,10-14,16,18-19H2,1H3,(H2,31,35)(H,32,38)(H,34,39)/t26-/m0/s1. The Morgan fingerprint density at radius 3 is 2.60 bits per heavy atom. The first-order valence-electron chi connectivity index (χ1n) is 14.5. The van der Waals surface area contributed by atoms with E-state index in [2.05, 4.69) is 25.8 Å². The van der Waals surface area contributed by atoms with Crippen LogP contribution >= 0.6 is 11.9 Å². The molecule has 11 nitrogen and oxygen atoms in total. The lowest BCUT2D eigenvalue weighted by atomic mass is 9.91. The molecule has 226 valence electrons. The molecule has 12 heteroatoms. The molecule has 2 aliphatic heterocycles. The average Bonchev–Trinajstić information content (AvgIpc) is 2.98. The third kappa shape index (κ3) is 8.94. The van der Waals surface area contributed by atoms with Gasteiger partial charge in [0.15, 0.2) is 5.84 Å². The van der Waals surface area contributed by atoms with E-state index in [-0.39, 0.29) is 29.5 Å². The van der Waals surface area contributed by atoms with E-state index in [0.29, 0.717) is 56.2 Å². The van der Waals surface area contributed by atoms with Crippen molar-refractivity contribution in [3.8, 4) is 0 Å². The molecular formula is C30H41N7O4S. The zero-order valence-electron chi connectivity index (χ0n) is 24.0. The van der Waals surface area contributed by atoms with Crippen LogP contribution in [0.25, 0.3) is 0 Å². The summed E-state index contributed by atoms with van der Waals surface area (Å²) in [6.45, 7) is 2.73. The summed E-state index contributed by atoms with van der Waals surface area (Å²) < 4.78 is 3.38. The van der Waals surface area contributed by atoms with Gasteiger partial charge in [0.2, 0.25) is 17.7 Å². The fourth-order valence-electron chi connectivity index (χ4n) is 5.16. The van der Waals surface area contributed by atoms with E-state index in [9.17, 15) is 14.4 Å². The summed E-state index contributed by atoms with van der Waals surface area (Å²) in [7, 11) is 1.66. The number of carbonyl (C=O) groups is 3. The summed E-state index contributed by atoms with van der Waals surface area (Å²) in [6.07, 6.45) is 4.61. The summed E-state index contributed by atoms with van der Waals surface area (Å²) in [5.74, 6) is 0.584. The minimum absolute atomic E-state index is 0.000445. The molecule has 42 heavy (non-hydrogen) atoms. The Morgan fingerprint density at radius 2 is 1.90 bits per heavy atom. The van der Waals surface area contributed by atoms with Crippen molar-refractivity contribution in [1.29, 1.82) is 0 Å². The highest BCUT2D eigenvalue weighted by molar-refractivity contribution is 7.97. The van der Waals surface area contributed by atoms with Gasteiger partial charge < -0.3 is 31.8 Å². The summed E-state index contributed by atoms with van der Waals surface area (Å²) in [5, 5.41) is 21.0. The highest BCUT2D eigenvalue weighted by Gasteiger charge is 2.29. The van der Waals surface area contributed by atoms with Crippen LogP contribution in [0.4, 0.5) is 5.69 Å². The highest BCUT2D eigenvalue weighted by atomic mass is 32.2. The van der Waals surface area contributed by atoms with Gasteiger partial charge in [-0.1, -0.05) is 29.4 Å². The lowest BCUT2D eigenvalue weighted by molar-refractivity contribution is -0.134. The second kappa shape index (κ2) is 15.6. The molecule has 4 rings (SSSR count). The van der Waals surface area contributed by atoms with E-state index in [0.717, 1.165) is 36.1 Å². The van der Waals surface area contributed by atoms with Crippen molar-refractivity contribution in [2.45, 2.75) is 49.5 Å². The number of nitrogens with zero attached hydrogens (tertiary/aromatic N) is 2. The third-order valence-electron chi connectivity index (χ3n) is 7.86. The number of amidine groups is 1. The van der Waals surface area contributed by atoms with E-state index in [4.69, 9.17) is 10.9 Å². The SMILES string of the molecule is CNC(=O)CCCC1CCN(C(=O)[C@H](Cc2cccc(/C(N)=N\O)c2)NSc2cccc(NC(=O)C3CNC3)c2)CC1. The number of benzene rings is 2. The Hall–Kier alpha value is -3.61. The maximum absolute atomic E-state index is 13.8. The Balaban J connectivity index is 1.41. The molecule has 0 bridgehead atoms. The Labute approximate surface area is 251 Å². The number of nitrogens with two attached hydrogens (primary N) is 1. The van der Waals surface area contributed by atoms with Crippen LogP contribution in [0.3, 0.4) is 0 Å². The summed E-state index contributed by atoms with van der Waals surface area (Å²) >= 11 is 1.35. The molecule has 0 radical (unpaired) electrons. The van der Waals surface area contributed by atoms with Gasteiger partial charge in [0, 0.05) is 55.8 Å². The number of likely N-dealkylation sites (tertiary alicyclic amines) is 1. The molecule has 1 atom stereocenters. The van der Waals surface area contributed by atoms with Crippen LogP contribution in [0.15, 0.2) is 58.6 Å². The van der Waals surface area contributed by atoms with Crippen LogP contribution in [0.5, 0.6) is 0 Å². The van der Waals surface area contributed by atoms with Gasteiger partial charge in [-0.3, -0.25) is 14.4 Å². The van der Waals surface area contributed by atoms with Gasteiger partial charge in [0.05, 0.1) is 5.92 Å². The molecule has 2 fully saturated rings. The van der Waals surface area contributed by atoms with Crippen molar-refractivity contribution in [2.75, 3.05) is 38.5 Å². The summed E-state index contributed by atoms with van der Waals surface area (Å²) in [4.78, 5) is 40.5. The maximum Gasteiger partial charge on any atom is 0.240 e. The lowest BCUT2D eigenvalue weighted by Crippen LogP contribution is -2.48. The van der Waals surface area contributed by atoms with Crippen LogP contribution < -0.4 is 26.4 Å². The van der Waals surface area contributed by atoms with Gasteiger partial charge >= 0.3 is 0 Å². The van der Waals surface area contributed by atoms with E-state index >= 15 is 0 Å². The maximum atomic E-state index is 13.8. The zero-order chi connectivity index (χ0) is 29.9.